The maximum absolute atomic E-state index is 10.1. The Hall–Kier alpha value is 0.170. The minimum absolute atomic E-state index is 0.819. The summed E-state index contributed by atoms with van der Waals surface area (Å²) >= 11 is 0. The lowest BCUT2D eigenvalue weighted by Crippen LogP contribution is -1.77. The molecule has 0 saturated carbocycles. The van der Waals surface area contributed by atoms with Crippen LogP contribution in [0, 0.1) is 0 Å². The van der Waals surface area contributed by atoms with Crippen LogP contribution in [0.3, 0.4) is 0 Å². The summed E-state index contributed by atoms with van der Waals surface area (Å²) < 4.78 is 26.9. The lowest BCUT2D eigenvalue weighted by Gasteiger charge is -1.89. The van der Waals surface area contributed by atoms with Crippen LogP contribution in [0.25, 0.3) is 0 Å². The molecule has 8 heteroatoms. The molecule has 0 aliphatic carbocycles. The summed E-state index contributed by atoms with van der Waals surface area (Å²) in [5.41, 5.74) is 0. The van der Waals surface area contributed by atoms with Crippen LogP contribution in [-0.2, 0) is 18.1 Å². The number of rotatable bonds is 3. The van der Waals surface area contributed by atoms with Crippen molar-refractivity contribution in [1.29, 1.82) is 0 Å². The van der Waals surface area contributed by atoms with E-state index in [0.717, 1.165) is 6.66 Å². The van der Waals surface area contributed by atoms with Gasteiger partial charge in [-0.2, -0.15) is 0 Å². The van der Waals surface area contributed by atoms with Gasteiger partial charge in [0.05, 0.1) is 4.67 Å². The van der Waals surface area contributed by atoms with Gasteiger partial charge in [-0.15, -0.1) is 0 Å². The van der Waals surface area contributed by atoms with Gasteiger partial charge in [0.25, 0.3) is 0 Å². The van der Waals surface area contributed by atoms with E-state index in [0.29, 0.717) is 0 Å². The van der Waals surface area contributed by atoms with Crippen LogP contribution in [0.2, 0.25) is 0 Å². The summed E-state index contributed by atoms with van der Waals surface area (Å²) in [6.07, 6.45) is 0. The third-order valence-corrected chi connectivity index (χ3v) is 2.16. The van der Waals surface area contributed by atoms with Crippen molar-refractivity contribution in [3.8, 4) is 0 Å². The highest BCUT2D eigenvalue weighted by Gasteiger charge is 2.31. The van der Waals surface area contributed by atoms with Gasteiger partial charge in [0.15, 0.2) is 0 Å². The molecule has 9 heavy (non-hydrogen) atoms. The maximum Gasteiger partial charge on any atom is 0.737 e. The zero-order chi connectivity index (χ0) is 7.49. The van der Waals surface area contributed by atoms with E-state index < -0.39 is 15.9 Å². The van der Waals surface area contributed by atoms with Crippen LogP contribution in [0.5, 0.6) is 0 Å². The predicted octanol–water partition coefficient (Wildman–Crippen LogP) is 0.965. The monoisotopic (exact) mass is 175 g/mol. The van der Waals surface area contributed by atoms with Gasteiger partial charge in [-0.3, -0.25) is 4.57 Å². The first kappa shape index (κ1) is 9.17. The molecule has 6 nitrogen and oxygen atoms in total. The fourth-order valence-electron chi connectivity index (χ4n) is 0.139. The van der Waals surface area contributed by atoms with Crippen LogP contribution in [0.15, 0.2) is 0 Å². The molecule has 0 aliphatic rings. The summed E-state index contributed by atoms with van der Waals surface area (Å²) in [6.45, 7) is 0.819. The molecule has 0 heterocycles. The van der Waals surface area contributed by atoms with Crippen LogP contribution in [0.1, 0.15) is 0 Å². The van der Waals surface area contributed by atoms with E-state index in [1.807, 2.05) is 0 Å². The van der Waals surface area contributed by atoms with Crippen molar-refractivity contribution in [2.24, 2.45) is 0 Å². The SMILES string of the molecule is CP(=O)(O)O[P+](=O)OO. The summed E-state index contributed by atoms with van der Waals surface area (Å²) in [5, 5.41) is 7.56. The molecule has 0 fully saturated rings. The molecular weight excluding hydrogens is 170 g/mol. The molecular formula is CH5O6P2+. The van der Waals surface area contributed by atoms with Crippen molar-refractivity contribution in [2.75, 3.05) is 6.66 Å². The zero-order valence-corrected chi connectivity index (χ0v) is 6.21. The number of hydrogen-bond acceptors (Lipinski definition) is 5. The van der Waals surface area contributed by atoms with Gasteiger partial charge in [-0.25, -0.2) is 5.26 Å². The van der Waals surface area contributed by atoms with E-state index >= 15 is 0 Å². The van der Waals surface area contributed by atoms with Crippen LogP contribution < -0.4 is 0 Å². The smallest absolute Gasteiger partial charge is 0.322 e. The second kappa shape index (κ2) is 3.37. The van der Waals surface area contributed by atoms with E-state index in [-0.39, 0.29) is 0 Å². The molecule has 0 aromatic carbocycles. The molecule has 0 aromatic rings. The van der Waals surface area contributed by atoms with Gasteiger partial charge in [-0.05, 0) is 4.31 Å². The predicted molar refractivity (Wildman–Crippen MR) is 28.2 cm³/mol. The third kappa shape index (κ3) is 6.05. The van der Waals surface area contributed by atoms with E-state index in [9.17, 15) is 9.13 Å². The topological polar surface area (TPSA) is 93.1 Å². The van der Waals surface area contributed by atoms with E-state index in [1.165, 1.54) is 0 Å². The molecule has 2 N–H and O–H groups in total. The van der Waals surface area contributed by atoms with Gasteiger partial charge in [0.1, 0.15) is 0 Å². The Bertz CT molecular complexity index is 145. The van der Waals surface area contributed by atoms with Crippen molar-refractivity contribution in [1.82, 2.24) is 0 Å². The first-order valence-corrected chi connectivity index (χ1v) is 4.86. The Labute approximate surface area is 51.8 Å². The standard InChI is InChI=1S/CH4O6P2/c1-9(4,5)7-8(3)6-2/h1H3,(H-,2,4,5)/p+1. The summed E-state index contributed by atoms with van der Waals surface area (Å²) in [5.74, 6) is 0. The molecule has 0 bridgehead atoms. The van der Waals surface area contributed by atoms with Crippen LogP contribution in [0.4, 0.5) is 0 Å². The van der Waals surface area contributed by atoms with Gasteiger partial charge in [-0.1, -0.05) is 0 Å². The van der Waals surface area contributed by atoms with E-state index in [1.54, 1.807) is 0 Å². The highest BCUT2D eigenvalue weighted by Crippen LogP contribution is 2.47. The summed E-state index contributed by atoms with van der Waals surface area (Å²) in [6, 6.07) is 0. The molecule has 0 amide bonds. The minimum atomic E-state index is -3.81. The van der Waals surface area contributed by atoms with Gasteiger partial charge in [0, 0.05) is 11.2 Å². The Morgan fingerprint density at radius 3 is 2.22 bits per heavy atom. The van der Waals surface area contributed by atoms with Crippen molar-refractivity contribution >= 4 is 15.9 Å². The Balaban J connectivity index is 3.75. The molecule has 54 valence electrons. The first-order valence-electron chi connectivity index (χ1n) is 1.74. The average molecular weight is 175 g/mol. The molecule has 0 rings (SSSR count). The third-order valence-electron chi connectivity index (χ3n) is 0.285. The first-order chi connectivity index (χ1) is 3.95. The summed E-state index contributed by atoms with van der Waals surface area (Å²) in [4.78, 5) is 8.28. The molecule has 0 radical (unpaired) electrons. The molecule has 2 unspecified atom stereocenters. The fourth-order valence-corrected chi connectivity index (χ4v) is 1.25. The maximum atomic E-state index is 10.1. The van der Waals surface area contributed by atoms with Gasteiger partial charge < -0.3 is 4.89 Å². The molecule has 0 saturated heterocycles. The Kier molecular flexibility index (Phi) is 3.43. The van der Waals surface area contributed by atoms with Crippen molar-refractivity contribution < 1.29 is 28.3 Å². The molecule has 0 aliphatic heterocycles. The average Bonchev–Trinajstić information content (AvgIpc) is 1.62. The quantitative estimate of drug-likeness (QED) is 0.377. The second-order valence-corrected chi connectivity index (χ2v) is 4.06. The zero-order valence-electron chi connectivity index (χ0n) is 4.42. The normalized spacial score (nSPS) is 18.8. The van der Waals surface area contributed by atoms with Crippen LogP contribution in [-0.4, -0.2) is 16.8 Å². The lowest BCUT2D eigenvalue weighted by molar-refractivity contribution is -0.137. The Morgan fingerprint density at radius 1 is 1.67 bits per heavy atom. The minimum Gasteiger partial charge on any atom is -0.322 e. The largest absolute Gasteiger partial charge is 0.737 e. The molecule has 2 atom stereocenters. The van der Waals surface area contributed by atoms with Crippen molar-refractivity contribution in [3.05, 3.63) is 0 Å². The van der Waals surface area contributed by atoms with E-state index in [2.05, 4.69) is 8.99 Å². The molecule has 0 spiro atoms. The van der Waals surface area contributed by atoms with E-state index in [4.69, 9.17) is 10.2 Å². The second-order valence-electron chi connectivity index (χ2n) is 1.19. The lowest BCUT2D eigenvalue weighted by atomic mass is 12.0. The van der Waals surface area contributed by atoms with Crippen molar-refractivity contribution in [2.45, 2.75) is 0 Å². The fraction of sp³-hybridized carbons (Fsp3) is 1.00. The van der Waals surface area contributed by atoms with Crippen LogP contribution >= 0.6 is 15.9 Å². The molecule has 0 aromatic heterocycles. The van der Waals surface area contributed by atoms with Gasteiger partial charge >= 0.3 is 15.9 Å². The highest BCUT2D eigenvalue weighted by molar-refractivity contribution is 7.59. The number of hydrogen-bond donors (Lipinski definition) is 2. The van der Waals surface area contributed by atoms with Gasteiger partial charge in [0.2, 0.25) is 0 Å². The summed E-state index contributed by atoms with van der Waals surface area (Å²) in [7, 11) is -6.68. The van der Waals surface area contributed by atoms with Crippen molar-refractivity contribution in [3.63, 3.8) is 0 Å². The highest BCUT2D eigenvalue weighted by atomic mass is 31.2. The Morgan fingerprint density at radius 2 is 2.11 bits per heavy atom.